The van der Waals surface area contributed by atoms with Gasteiger partial charge in [0, 0.05) is 20.1 Å². The molecule has 136 valence electrons. The molecule has 2 N–H and O–H groups in total. The van der Waals surface area contributed by atoms with Crippen LogP contribution in [-0.2, 0) is 13.0 Å². The summed E-state index contributed by atoms with van der Waals surface area (Å²) in [6, 6.07) is 13.1. The highest BCUT2D eigenvalue weighted by Crippen LogP contribution is 2.12. The van der Waals surface area contributed by atoms with Gasteiger partial charge in [-0.1, -0.05) is 24.3 Å². The fourth-order valence-corrected chi connectivity index (χ4v) is 2.38. The Morgan fingerprint density at radius 2 is 1.92 bits per heavy atom. The molecular weight excluding hydrogens is 432 g/mol. The molecule has 0 aliphatic carbocycles. The van der Waals surface area contributed by atoms with Crippen LogP contribution < -0.4 is 15.4 Å². The van der Waals surface area contributed by atoms with Crippen LogP contribution in [0.2, 0.25) is 0 Å². The molecule has 0 radical (unpaired) electrons. The Bertz CT molecular complexity index is 707. The summed E-state index contributed by atoms with van der Waals surface area (Å²) >= 11 is 0. The van der Waals surface area contributed by atoms with E-state index in [9.17, 15) is 4.39 Å². The summed E-state index contributed by atoms with van der Waals surface area (Å²) in [5.74, 6) is 1.40. The van der Waals surface area contributed by atoms with Gasteiger partial charge in [-0.15, -0.1) is 24.0 Å². The third-order valence-electron chi connectivity index (χ3n) is 3.75. The van der Waals surface area contributed by atoms with E-state index >= 15 is 0 Å². The molecule has 0 aromatic heterocycles. The topological polar surface area (TPSA) is 45.7 Å². The minimum atomic E-state index is -0.181. The van der Waals surface area contributed by atoms with Gasteiger partial charge in [0.2, 0.25) is 0 Å². The lowest BCUT2D eigenvalue weighted by atomic mass is 10.1. The minimum absolute atomic E-state index is 0. The molecule has 6 heteroatoms. The molecule has 4 nitrogen and oxygen atoms in total. The molecular formula is C19H25FIN3O. The lowest BCUT2D eigenvalue weighted by molar-refractivity contribution is 0.414. The van der Waals surface area contributed by atoms with Crippen LogP contribution in [0.25, 0.3) is 0 Å². The van der Waals surface area contributed by atoms with Crippen LogP contribution in [-0.4, -0.2) is 26.7 Å². The molecule has 0 saturated heterocycles. The Balaban J connectivity index is 0.00000312. The summed E-state index contributed by atoms with van der Waals surface area (Å²) in [5, 5.41) is 6.51. The molecule has 0 fully saturated rings. The maximum absolute atomic E-state index is 13.3. The predicted molar refractivity (Wildman–Crippen MR) is 111 cm³/mol. The van der Waals surface area contributed by atoms with E-state index in [1.807, 2.05) is 24.3 Å². The number of aliphatic imine (C=N–C) groups is 1. The number of rotatable bonds is 6. The highest BCUT2D eigenvalue weighted by atomic mass is 127. The van der Waals surface area contributed by atoms with Crippen molar-refractivity contribution in [2.24, 2.45) is 4.99 Å². The van der Waals surface area contributed by atoms with Crippen LogP contribution in [0.3, 0.4) is 0 Å². The minimum Gasteiger partial charge on any atom is -0.497 e. The predicted octanol–water partition coefficient (Wildman–Crippen LogP) is 3.67. The Morgan fingerprint density at radius 1 is 1.12 bits per heavy atom. The number of benzene rings is 2. The number of ether oxygens (including phenoxy) is 1. The molecule has 0 spiro atoms. The Kier molecular flexibility index (Phi) is 9.26. The van der Waals surface area contributed by atoms with Crippen LogP contribution in [0.5, 0.6) is 5.75 Å². The third kappa shape index (κ3) is 6.89. The molecule has 2 aromatic rings. The standard InChI is InChI=1S/C19H24FN3O.HI/c1-14-11-16(7-8-18(14)20)13-23-19(21-2)22-10-9-15-5-4-6-17(12-15)24-3;/h4-8,11-12H,9-10,13H2,1-3H3,(H2,21,22,23);1H. The van der Waals surface area contributed by atoms with Gasteiger partial charge in [0.25, 0.3) is 0 Å². The second kappa shape index (κ2) is 10.9. The average molecular weight is 457 g/mol. The first-order chi connectivity index (χ1) is 11.6. The maximum Gasteiger partial charge on any atom is 0.191 e. The Morgan fingerprint density at radius 3 is 2.60 bits per heavy atom. The van der Waals surface area contributed by atoms with Crippen molar-refractivity contribution in [3.05, 3.63) is 65.0 Å². The molecule has 25 heavy (non-hydrogen) atoms. The van der Waals surface area contributed by atoms with Crippen molar-refractivity contribution in [2.75, 3.05) is 20.7 Å². The monoisotopic (exact) mass is 457 g/mol. The first-order valence-electron chi connectivity index (χ1n) is 7.95. The third-order valence-corrected chi connectivity index (χ3v) is 3.75. The average Bonchev–Trinajstić information content (AvgIpc) is 2.61. The Labute approximate surface area is 165 Å². The molecule has 0 aliphatic heterocycles. The fourth-order valence-electron chi connectivity index (χ4n) is 2.38. The summed E-state index contributed by atoms with van der Waals surface area (Å²) in [7, 11) is 3.40. The zero-order valence-electron chi connectivity index (χ0n) is 14.8. The Hall–Kier alpha value is -1.83. The smallest absolute Gasteiger partial charge is 0.191 e. The number of hydrogen-bond donors (Lipinski definition) is 2. The number of aryl methyl sites for hydroxylation is 1. The van der Waals surface area contributed by atoms with Gasteiger partial charge in [0.1, 0.15) is 11.6 Å². The zero-order chi connectivity index (χ0) is 17.4. The lowest BCUT2D eigenvalue weighted by Crippen LogP contribution is -2.37. The first kappa shape index (κ1) is 21.2. The van der Waals surface area contributed by atoms with E-state index in [0.717, 1.165) is 30.2 Å². The highest BCUT2D eigenvalue weighted by Gasteiger charge is 2.02. The lowest BCUT2D eigenvalue weighted by Gasteiger charge is -2.12. The number of halogens is 2. The molecule has 0 atom stereocenters. The van der Waals surface area contributed by atoms with Crippen molar-refractivity contribution in [1.82, 2.24) is 10.6 Å². The number of guanidine groups is 1. The molecule has 0 bridgehead atoms. The quantitative estimate of drug-likeness (QED) is 0.396. The van der Waals surface area contributed by atoms with Gasteiger partial charge >= 0.3 is 0 Å². The second-order valence-electron chi connectivity index (χ2n) is 5.54. The zero-order valence-corrected chi connectivity index (χ0v) is 17.1. The molecule has 0 saturated carbocycles. The molecule has 0 unspecified atom stereocenters. The fraction of sp³-hybridized carbons (Fsp3) is 0.316. The molecule has 2 aromatic carbocycles. The van der Waals surface area contributed by atoms with Crippen molar-refractivity contribution < 1.29 is 9.13 Å². The largest absolute Gasteiger partial charge is 0.497 e. The van der Waals surface area contributed by atoms with Crippen LogP contribution >= 0.6 is 24.0 Å². The van der Waals surface area contributed by atoms with Crippen molar-refractivity contribution in [3.8, 4) is 5.75 Å². The SMILES string of the molecule is CN=C(NCCc1cccc(OC)c1)NCc1ccc(F)c(C)c1.I. The van der Waals surface area contributed by atoms with E-state index in [1.54, 1.807) is 27.1 Å². The van der Waals surface area contributed by atoms with Gasteiger partial charge < -0.3 is 15.4 Å². The van der Waals surface area contributed by atoms with Crippen molar-refractivity contribution in [2.45, 2.75) is 19.9 Å². The van der Waals surface area contributed by atoms with E-state index in [-0.39, 0.29) is 29.8 Å². The van der Waals surface area contributed by atoms with Crippen LogP contribution in [0.15, 0.2) is 47.5 Å². The van der Waals surface area contributed by atoms with Gasteiger partial charge in [-0.05, 0) is 48.2 Å². The van der Waals surface area contributed by atoms with Crippen molar-refractivity contribution in [1.29, 1.82) is 0 Å². The highest BCUT2D eigenvalue weighted by molar-refractivity contribution is 14.0. The van der Waals surface area contributed by atoms with Gasteiger partial charge in [-0.3, -0.25) is 4.99 Å². The van der Waals surface area contributed by atoms with E-state index in [1.165, 1.54) is 11.6 Å². The summed E-state index contributed by atoms with van der Waals surface area (Å²) in [6.45, 7) is 3.12. The van der Waals surface area contributed by atoms with Crippen LogP contribution in [0, 0.1) is 12.7 Å². The molecule has 0 heterocycles. The van der Waals surface area contributed by atoms with Crippen LogP contribution in [0.1, 0.15) is 16.7 Å². The van der Waals surface area contributed by atoms with Crippen molar-refractivity contribution in [3.63, 3.8) is 0 Å². The number of methoxy groups -OCH3 is 1. The first-order valence-corrected chi connectivity index (χ1v) is 7.95. The van der Waals surface area contributed by atoms with E-state index < -0.39 is 0 Å². The summed E-state index contributed by atoms with van der Waals surface area (Å²) in [4.78, 5) is 4.20. The number of hydrogen-bond acceptors (Lipinski definition) is 2. The van der Waals surface area contributed by atoms with Gasteiger partial charge in [-0.2, -0.15) is 0 Å². The summed E-state index contributed by atoms with van der Waals surface area (Å²) in [6.07, 6.45) is 0.869. The van der Waals surface area contributed by atoms with E-state index in [0.29, 0.717) is 12.1 Å². The normalized spacial score (nSPS) is 10.8. The summed E-state index contributed by atoms with van der Waals surface area (Å²) in [5.41, 5.74) is 2.87. The van der Waals surface area contributed by atoms with Gasteiger partial charge in [0.05, 0.1) is 7.11 Å². The maximum atomic E-state index is 13.3. The van der Waals surface area contributed by atoms with Gasteiger partial charge in [-0.25, -0.2) is 4.39 Å². The molecule has 0 amide bonds. The number of nitrogens with one attached hydrogen (secondary N) is 2. The number of nitrogens with zero attached hydrogens (tertiary/aromatic N) is 1. The van der Waals surface area contributed by atoms with E-state index in [4.69, 9.17) is 4.74 Å². The second-order valence-corrected chi connectivity index (χ2v) is 5.54. The van der Waals surface area contributed by atoms with Crippen molar-refractivity contribution >= 4 is 29.9 Å². The van der Waals surface area contributed by atoms with E-state index in [2.05, 4.69) is 21.7 Å². The summed E-state index contributed by atoms with van der Waals surface area (Å²) < 4.78 is 18.5. The molecule has 2 rings (SSSR count). The van der Waals surface area contributed by atoms with Gasteiger partial charge in [0.15, 0.2) is 5.96 Å². The van der Waals surface area contributed by atoms with Crippen LogP contribution in [0.4, 0.5) is 4.39 Å². The molecule has 0 aliphatic rings.